The van der Waals surface area contributed by atoms with E-state index in [-0.39, 0.29) is 0 Å². The van der Waals surface area contributed by atoms with Gasteiger partial charge < -0.3 is 4.43 Å². The van der Waals surface area contributed by atoms with E-state index in [9.17, 15) is 0 Å². The van der Waals surface area contributed by atoms with Gasteiger partial charge in [-0.25, -0.2) is 0 Å². The quantitative estimate of drug-likeness (QED) is 0.356. The van der Waals surface area contributed by atoms with Gasteiger partial charge in [-0.3, -0.25) is 0 Å². The zero-order valence-electron chi connectivity index (χ0n) is 7.18. The smallest absolute Gasteiger partial charge is 0.229 e. The second-order valence-electron chi connectivity index (χ2n) is 3.04. The second kappa shape index (κ2) is 5.55. The molecule has 11 heavy (non-hydrogen) atoms. The average Bonchev–Trinajstić information content (AvgIpc) is 2.07. The normalized spacial score (nSPS) is 23.9. The van der Waals surface area contributed by atoms with Gasteiger partial charge in [-0.05, 0) is 31.2 Å². The van der Waals surface area contributed by atoms with Crippen LogP contribution in [0.5, 0.6) is 0 Å². The van der Waals surface area contributed by atoms with Crippen LogP contribution in [0.1, 0.15) is 25.7 Å². The van der Waals surface area contributed by atoms with Gasteiger partial charge in [-0.2, -0.15) is 0 Å². The van der Waals surface area contributed by atoms with Gasteiger partial charge in [0.05, 0.1) is 0 Å². The molecule has 2 radical (unpaired) electrons. The number of hydrogen-bond acceptors (Lipinski definition) is 1. The molecule has 0 saturated carbocycles. The molecule has 0 bridgehead atoms. The summed E-state index contributed by atoms with van der Waals surface area (Å²) in [5.41, 5.74) is 0. The topological polar surface area (TPSA) is 9.23 Å². The predicted octanol–water partition coefficient (Wildman–Crippen LogP) is 2.42. The molecule has 2 heteroatoms. The Hall–Kier alpha value is -0.0831. The molecule has 1 nitrogen and oxygen atoms in total. The summed E-state index contributed by atoms with van der Waals surface area (Å²) in [5, 5.41) is 0. The van der Waals surface area contributed by atoms with Crippen LogP contribution in [0.2, 0.25) is 6.04 Å². The van der Waals surface area contributed by atoms with Crippen LogP contribution in [-0.4, -0.2) is 16.9 Å². The van der Waals surface area contributed by atoms with Gasteiger partial charge in [0.15, 0.2) is 0 Å². The standard InChI is InChI=1S/C9H16OSi/c1-10-11-8-7-9-5-3-2-4-6-9/h2-3,9H,4-8H2,1H3. The molecule has 1 rings (SSSR count). The first-order valence-corrected chi connectivity index (χ1v) is 5.46. The molecule has 0 aromatic carbocycles. The summed E-state index contributed by atoms with van der Waals surface area (Å²) < 4.78 is 5.04. The summed E-state index contributed by atoms with van der Waals surface area (Å²) in [5.74, 6) is 0.947. The average molecular weight is 168 g/mol. The zero-order valence-corrected chi connectivity index (χ0v) is 8.18. The highest BCUT2D eigenvalue weighted by Gasteiger charge is 2.08. The molecule has 1 atom stereocenters. The first-order valence-electron chi connectivity index (χ1n) is 4.34. The summed E-state index contributed by atoms with van der Waals surface area (Å²) in [6, 6.07) is 1.26. The highest BCUT2D eigenvalue weighted by atomic mass is 28.2. The van der Waals surface area contributed by atoms with E-state index in [0.717, 1.165) is 5.92 Å². The van der Waals surface area contributed by atoms with E-state index in [4.69, 9.17) is 4.43 Å². The molecule has 1 aliphatic carbocycles. The minimum atomic E-state index is 0.715. The Morgan fingerprint density at radius 1 is 1.55 bits per heavy atom. The van der Waals surface area contributed by atoms with Gasteiger partial charge in [0.25, 0.3) is 0 Å². The van der Waals surface area contributed by atoms with E-state index in [1.807, 2.05) is 0 Å². The fraction of sp³-hybridized carbons (Fsp3) is 0.778. The van der Waals surface area contributed by atoms with Crippen LogP contribution in [0, 0.1) is 5.92 Å². The first kappa shape index (κ1) is 9.01. The van der Waals surface area contributed by atoms with Crippen molar-refractivity contribution in [3.05, 3.63) is 12.2 Å². The molecule has 0 saturated heterocycles. The lowest BCUT2D eigenvalue weighted by atomic mass is 9.92. The maximum atomic E-state index is 5.04. The molecule has 0 heterocycles. The molecule has 0 N–H and O–H groups in total. The van der Waals surface area contributed by atoms with Gasteiger partial charge in [0.1, 0.15) is 0 Å². The van der Waals surface area contributed by atoms with Crippen LogP contribution in [0.3, 0.4) is 0 Å². The molecule has 0 spiro atoms. The molecule has 0 fully saturated rings. The highest BCUT2D eigenvalue weighted by Crippen LogP contribution is 2.22. The Morgan fingerprint density at radius 2 is 2.45 bits per heavy atom. The molecule has 0 aromatic rings. The van der Waals surface area contributed by atoms with E-state index >= 15 is 0 Å². The molecule has 0 aliphatic heterocycles. The van der Waals surface area contributed by atoms with Crippen LogP contribution < -0.4 is 0 Å². The summed E-state index contributed by atoms with van der Waals surface area (Å²) in [6.45, 7) is 0. The van der Waals surface area contributed by atoms with Gasteiger partial charge >= 0.3 is 0 Å². The molecule has 0 aromatic heterocycles. The van der Waals surface area contributed by atoms with Crippen LogP contribution >= 0.6 is 0 Å². The summed E-state index contributed by atoms with van der Waals surface area (Å²) in [6.07, 6.45) is 9.97. The number of rotatable bonds is 4. The minimum absolute atomic E-state index is 0.715. The van der Waals surface area contributed by atoms with Gasteiger partial charge in [0, 0.05) is 7.11 Å². The third-order valence-electron chi connectivity index (χ3n) is 2.18. The van der Waals surface area contributed by atoms with Crippen molar-refractivity contribution in [2.75, 3.05) is 7.11 Å². The Labute approximate surface area is 71.8 Å². The SMILES string of the molecule is CO[Si]CCC1CC=CCC1. The van der Waals surface area contributed by atoms with E-state index in [2.05, 4.69) is 12.2 Å². The van der Waals surface area contributed by atoms with Crippen LogP contribution in [0.25, 0.3) is 0 Å². The van der Waals surface area contributed by atoms with E-state index < -0.39 is 0 Å². The van der Waals surface area contributed by atoms with Crippen LogP contribution in [0.4, 0.5) is 0 Å². The van der Waals surface area contributed by atoms with E-state index in [1.165, 1.54) is 31.7 Å². The fourth-order valence-electron chi connectivity index (χ4n) is 1.48. The lowest BCUT2D eigenvalue weighted by molar-refractivity contribution is 0.421. The zero-order chi connectivity index (χ0) is 7.94. The monoisotopic (exact) mass is 168 g/mol. The van der Waals surface area contributed by atoms with Gasteiger partial charge in [0.2, 0.25) is 9.76 Å². The van der Waals surface area contributed by atoms with E-state index in [1.54, 1.807) is 7.11 Å². The lowest BCUT2D eigenvalue weighted by Crippen LogP contribution is -2.04. The largest absolute Gasteiger partial charge is 0.421 e. The Balaban J connectivity index is 2.02. The fourth-order valence-corrected chi connectivity index (χ4v) is 2.21. The molecule has 0 amide bonds. The Bertz CT molecular complexity index is 123. The lowest BCUT2D eigenvalue weighted by Gasteiger charge is -2.16. The first-order chi connectivity index (χ1) is 5.43. The molecule has 1 unspecified atom stereocenters. The van der Waals surface area contributed by atoms with E-state index in [0.29, 0.717) is 9.76 Å². The number of hydrogen-bond donors (Lipinski definition) is 0. The van der Waals surface area contributed by atoms with Gasteiger partial charge in [-0.15, -0.1) is 0 Å². The third-order valence-corrected chi connectivity index (χ3v) is 2.96. The number of allylic oxidation sites excluding steroid dienone is 2. The molecular formula is C9H16OSi. The summed E-state index contributed by atoms with van der Waals surface area (Å²) >= 11 is 0. The van der Waals surface area contributed by atoms with Crippen molar-refractivity contribution < 1.29 is 4.43 Å². The third kappa shape index (κ3) is 3.73. The van der Waals surface area contributed by atoms with Gasteiger partial charge in [-0.1, -0.05) is 18.6 Å². The summed E-state index contributed by atoms with van der Waals surface area (Å²) in [7, 11) is 2.51. The van der Waals surface area contributed by atoms with Crippen molar-refractivity contribution in [1.82, 2.24) is 0 Å². The Morgan fingerprint density at radius 3 is 3.09 bits per heavy atom. The van der Waals surface area contributed by atoms with Crippen molar-refractivity contribution >= 4 is 9.76 Å². The van der Waals surface area contributed by atoms with Crippen molar-refractivity contribution in [2.45, 2.75) is 31.7 Å². The van der Waals surface area contributed by atoms with Crippen LogP contribution in [-0.2, 0) is 4.43 Å². The molecule has 1 aliphatic rings. The van der Waals surface area contributed by atoms with Crippen molar-refractivity contribution in [3.63, 3.8) is 0 Å². The van der Waals surface area contributed by atoms with Crippen LogP contribution in [0.15, 0.2) is 12.2 Å². The van der Waals surface area contributed by atoms with Crippen molar-refractivity contribution in [2.24, 2.45) is 5.92 Å². The second-order valence-corrected chi connectivity index (χ2v) is 4.23. The van der Waals surface area contributed by atoms with Crippen molar-refractivity contribution in [3.8, 4) is 0 Å². The molecule has 62 valence electrons. The maximum absolute atomic E-state index is 5.04. The summed E-state index contributed by atoms with van der Waals surface area (Å²) in [4.78, 5) is 0. The minimum Gasteiger partial charge on any atom is -0.421 e. The highest BCUT2D eigenvalue weighted by molar-refractivity contribution is 6.26. The van der Waals surface area contributed by atoms with Crippen molar-refractivity contribution in [1.29, 1.82) is 0 Å². The Kier molecular flexibility index (Phi) is 4.55. The molecular weight excluding hydrogens is 152 g/mol. The predicted molar refractivity (Wildman–Crippen MR) is 48.7 cm³/mol. The maximum Gasteiger partial charge on any atom is 0.229 e.